The number of hydrogen-bond donors (Lipinski definition) is 0. The molecule has 0 radical (unpaired) electrons. The number of aromatic nitrogens is 1. The highest BCUT2D eigenvalue weighted by molar-refractivity contribution is 6.04. The topological polar surface area (TPSA) is 12.9 Å². The Morgan fingerprint density at radius 1 is 0.850 bits per heavy atom. The van der Waals surface area contributed by atoms with Crippen LogP contribution in [0.5, 0.6) is 0 Å². The first kappa shape index (κ1) is 11.3. The number of benzene rings is 2. The molecule has 1 aliphatic carbocycles. The van der Waals surface area contributed by atoms with Crippen LogP contribution >= 0.6 is 0 Å². The van der Waals surface area contributed by atoms with Gasteiger partial charge in [-0.1, -0.05) is 24.3 Å². The summed E-state index contributed by atoms with van der Waals surface area (Å²) in [7, 11) is 0. The second-order valence-corrected chi connectivity index (χ2v) is 4.80. The summed E-state index contributed by atoms with van der Waals surface area (Å²) >= 11 is 0. The van der Waals surface area contributed by atoms with E-state index in [0.29, 0.717) is 11.3 Å². The standard InChI is InChI=1S/C17H9F2N/c18-12-6-7-13(14(19)9-12)16-8-11-5-4-10-2-1-3-15(20-16)17(10)11/h1-9H. The summed E-state index contributed by atoms with van der Waals surface area (Å²) in [5.74, 6) is -1.18. The van der Waals surface area contributed by atoms with E-state index in [1.54, 1.807) is 0 Å². The van der Waals surface area contributed by atoms with E-state index in [1.807, 2.05) is 36.4 Å². The molecule has 20 heavy (non-hydrogen) atoms. The molecular weight excluding hydrogens is 256 g/mol. The van der Waals surface area contributed by atoms with Gasteiger partial charge in [-0.25, -0.2) is 13.8 Å². The molecule has 0 atom stereocenters. The third kappa shape index (κ3) is 1.56. The molecule has 4 rings (SSSR count). The van der Waals surface area contributed by atoms with Crippen LogP contribution in [0.3, 0.4) is 0 Å². The first-order chi connectivity index (χ1) is 9.72. The Morgan fingerprint density at radius 2 is 1.70 bits per heavy atom. The van der Waals surface area contributed by atoms with Gasteiger partial charge in [0.15, 0.2) is 0 Å². The van der Waals surface area contributed by atoms with Crippen molar-refractivity contribution in [3.8, 4) is 11.3 Å². The Labute approximate surface area is 114 Å². The molecule has 0 saturated carbocycles. The van der Waals surface area contributed by atoms with Crippen molar-refractivity contribution < 1.29 is 8.78 Å². The minimum absolute atomic E-state index is 0.315. The van der Waals surface area contributed by atoms with Gasteiger partial charge in [0.05, 0.1) is 11.2 Å². The van der Waals surface area contributed by atoms with E-state index in [0.717, 1.165) is 28.1 Å². The summed E-state index contributed by atoms with van der Waals surface area (Å²) in [6.07, 6.45) is 4.01. The van der Waals surface area contributed by atoms with E-state index < -0.39 is 11.6 Å². The normalized spacial score (nSPS) is 12.3. The van der Waals surface area contributed by atoms with Crippen LogP contribution in [0.15, 0.2) is 42.5 Å². The predicted molar refractivity (Wildman–Crippen MR) is 76.0 cm³/mol. The molecule has 0 fully saturated rings. The molecule has 1 heterocycles. The maximum atomic E-state index is 13.9. The van der Waals surface area contributed by atoms with E-state index in [4.69, 9.17) is 0 Å². The fourth-order valence-electron chi connectivity index (χ4n) is 2.63. The van der Waals surface area contributed by atoms with E-state index in [1.165, 1.54) is 12.1 Å². The van der Waals surface area contributed by atoms with Crippen LogP contribution in [-0.2, 0) is 0 Å². The van der Waals surface area contributed by atoms with Gasteiger partial charge in [-0.15, -0.1) is 0 Å². The zero-order chi connectivity index (χ0) is 13.7. The largest absolute Gasteiger partial charge is 0.248 e. The Balaban J connectivity index is 2.01. The first-order valence-electron chi connectivity index (χ1n) is 6.30. The highest BCUT2D eigenvalue weighted by Gasteiger charge is 2.14. The lowest BCUT2D eigenvalue weighted by Gasteiger charge is -2.07. The van der Waals surface area contributed by atoms with Crippen LogP contribution in [0.1, 0.15) is 11.1 Å². The molecular formula is C17H9F2N. The molecule has 2 aromatic carbocycles. The smallest absolute Gasteiger partial charge is 0.135 e. The average molecular weight is 265 g/mol. The summed E-state index contributed by atoms with van der Waals surface area (Å²) in [5.41, 5.74) is 3.80. The number of rotatable bonds is 1. The summed E-state index contributed by atoms with van der Waals surface area (Å²) in [6.45, 7) is 0. The fourth-order valence-corrected chi connectivity index (χ4v) is 2.63. The van der Waals surface area contributed by atoms with Crippen molar-refractivity contribution in [3.63, 3.8) is 0 Å². The zero-order valence-corrected chi connectivity index (χ0v) is 10.4. The van der Waals surface area contributed by atoms with Crippen LogP contribution in [0.4, 0.5) is 8.78 Å². The van der Waals surface area contributed by atoms with Gasteiger partial charge in [-0.3, -0.25) is 0 Å². The van der Waals surface area contributed by atoms with Gasteiger partial charge in [-0.2, -0.15) is 0 Å². The SMILES string of the molecule is Fc1ccc(-c2cc3c4c(cccc4n2)C=C3)c(F)c1. The van der Waals surface area contributed by atoms with Crippen molar-refractivity contribution in [2.45, 2.75) is 0 Å². The van der Waals surface area contributed by atoms with Gasteiger partial charge in [0.2, 0.25) is 0 Å². The molecule has 0 unspecified atom stereocenters. The number of nitrogens with zero attached hydrogens (tertiary/aromatic N) is 1. The Bertz CT molecular complexity index is 882. The van der Waals surface area contributed by atoms with E-state index >= 15 is 0 Å². The molecule has 0 N–H and O–H groups in total. The molecule has 0 saturated heterocycles. The van der Waals surface area contributed by atoms with E-state index in [9.17, 15) is 8.78 Å². The lowest BCUT2D eigenvalue weighted by Crippen LogP contribution is -1.92. The van der Waals surface area contributed by atoms with Crippen molar-refractivity contribution in [1.29, 1.82) is 0 Å². The molecule has 1 nitrogen and oxygen atoms in total. The van der Waals surface area contributed by atoms with Gasteiger partial charge in [0.25, 0.3) is 0 Å². The molecule has 0 bridgehead atoms. The van der Waals surface area contributed by atoms with Gasteiger partial charge in [-0.05, 0) is 35.4 Å². The lowest BCUT2D eigenvalue weighted by molar-refractivity contribution is 0.585. The molecule has 1 aromatic heterocycles. The van der Waals surface area contributed by atoms with Crippen molar-refractivity contribution in [1.82, 2.24) is 4.98 Å². The van der Waals surface area contributed by atoms with Crippen LogP contribution in [0.2, 0.25) is 0 Å². The highest BCUT2D eigenvalue weighted by Crippen LogP contribution is 2.33. The molecule has 0 spiro atoms. The summed E-state index contributed by atoms with van der Waals surface area (Å²) in [4.78, 5) is 4.50. The second kappa shape index (κ2) is 3.97. The van der Waals surface area contributed by atoms with Crippen LogP contribution in [-0.4, -0.2) is 4.98 Å². The Morgan fingerprint density at radius 3 is 2.55 bits per heavy atom. The van der Waals surface area contributed by atoms with Crippen molar-refractivity contribution in [3.05, 3.63) is 65.2 Å². The Kier molecular flexibility index (Phi) is 2.24. The summed E-state index contributed by atoms with van der Waals surface area (Å²) in [6, 6.07) is 11.2. The maximum Gasteiger partial charge on any atom is 0.135 e. The highest BCUT2D eigenvalue weighted by atomic mass is 19.1. The minimum Gasteiger partial charge on any atom is -0.248 e. The molecule has 3 aromatic rings. The molecule has 0 aliphatic heterocycles. The summed E-state index contributed by atoms with van der Waals surface area (Å²) < 4.78 is 26.9. The van der Waals surface area contributed by atoms with Gasteiger partial charge in [0.1, 0.15) is 11.6 Å². The molecule has 0 amide bonds. The van der Waals surface area contributed by atoms with Crippen molar-refractivity contribution in [2.24, 2.45) is 0 Å². The number of hydrogen-bond acceptors (Lipinski definition) is 1. The Hall–Kier alpha value is -2.55. The van der Waals surface area contributed by atoms with Gasteiger partial charge >= 0.3 is 0 Å². The molecule has 96 valence electrons. The second-order valence-electron chi connectivity index (χ2n) is 4.80. The monoisotopic (exact) mass is 265 g/mol. The lowest BCUT2D eigenvalue weighted by atomic mass is 10.0. The van der Waals surface area contributed by atoms with E-state index in [-0.39, 0.29) is 0 Å². The zero-order valence-electron chi connectivity index (χ0n) is 10.4. The van der Waals surface area contributed by atoms with Gasteiger partial charge in [0, 0.05) is 17.0 Å². The van der Waals surface area contributed by atoms with Crippen LogP contribution < -0.4 is 0 Å². The third-order valence-corrected chi connectivity index (χ3v) is 3.55. The first-order valence-corrected chi connectivity index (χ1v) is 6.30. The minimum atomic E-state index is -0.595. The predicted octanol–water partition coefficient (Wildman–Crippen LogP) is 4.66. The van der Waals surface area contributed by atoms with Crippen molar-refractivity contribution >= 4 is 23.1 Å². The van der Waals surface area contributed by atoms with Crippen molar-refractivity contribution in [2.75, 3.05) is 0 Å². The quantitative estimate of drug-likeness (QED) is 0.487. The molecule has 1 aliphatic rings. The fraction of sp³-hybridized carbons (Fsp3) is 0. The number of halogens is 2. The number of pyridine rings is 1. The van der Waals surface area contributed by atoms with E-state index in [2.05, 4.69) is 4.98 Å². The summed E-state index contributed by atoms with van der Waals surface area (Å²) in [5, 5.41) is 1.08. The maximum absolute atomic E-state index is 13.9. The van der Waals surface area contributed by atoms with Crippen LogP contribution in [0, 0.1) is 11.6 Å². The molecule has 3 heteroatoms. The average Bonchev–Trinajstić information content (AvgIpc) is 2.84. The van der Waals surface area contributed by atoms with Gasteiger partial charge < -0.3 is 0 Å². The van der Waals surface area contributed by atoms with Crippen LogP contribution in [0.25, 0.3) is 34.3 Å². The third-order valence-electron chi connectivity index (χ3n) is 3.55.